The molecule has 0 aliphatic carbocycles. The van der Waals surface area contributed by atoms with Gasteiger partial charge in [0.1, 0.15) is 11.6 Å². The van der Waals surface area contributed by atoms with Crippen molar-refractivity contribution in [2.75, 3.05) is 19.8 Å². The number of hydrogen-bond acceptors (Lipinski definition) is 3. The second kappa shape index (κ2) is 11.5. The minimum Gasteiger partial charge on any atom is -0.494 e. The van der Waals surface area contributed by atoms with Gasteiger partial charge in [0.2, 0.25) is 0 Å². The third-order valence-electron chi connectivity index (χ3n) is 5.50. The van der Waals surface area contributed by atoms with Crippen LogP contribution in [-0.4, -0.2) is 25.9 Å². The van der Waals surface area contributed by atoms with E-state index in [1.807, 2.05) is 6.92 Å². The van der Waals surface area contributed by atoms with Crippen molar-refractivity contribution in [1.82, 2.24) is 0 Å². The zero-order chi connectivity index (χ0) is 22.2. The smallest absolute Gasteiger partial charge is 0.167 e. The first-order valence-corrected chi connectivity index (χ1v) is 11.2. The highest BCUT2D eigenvalue weighted by atomic mass is 19.2. The molecule has 3 nitrogen and oxygen atoms in total. The molecule has 6 heteroatoms. The maximum Gasteiger partial charge on any atom is 0.167 e. The van der Waals surface area contributed by atoms with Crippen LogP contribution in [0.5, 0.6) is 5.75 Å². The summed E-state index contributed by atoms with van der Waals surface area (Å²) in [7, 11) is 0. The number of rotatable bonds is 10. The largest absolute Gasteiger partial charge is 0.494 e. The lowest BCUT2D eigenvalue weighted by Gasteiger charge is -2.29. The van der Waals surface area contributed by atoms with E-state index in [9.17, 15) is 13.2 Å². The van der Waals surface area contributed by atoms with Gasteiger partial charge in [0.15, 0.2) is 11.6 Å². The second-order valence-corrected chi connectivity index (χ2v) is 7.92. The summed E-state index contributed by atoms with van der Waals surface area (Å²) >= 11 is 0. The van der Waals surface area contributed by atoms with E-state index in [-0.39, 0.29) is 22.8 Å². The van der Waals surface area contributed by atoms with Crippen molar-refractivity contribution < 1.29 is 27.4 Å². The van der Waals surface area contributed by atoms with Crippen molar-refractivity contribution in [2.24, 2.45) is 0 Å². The molecular weight excluding hydrogens is 405 g/mol. The van der Waals surface area contributed by atoms with Crippen molar-refractivity contribution >= 4 is 0 Å². The van der Waals surface area contributed by atoms with E-state index in [1.165, 1.54) is 24.3 Å². The van der Waals surface area contributed by atoms with Gasteiger partial charge < -0.3 is 14.2 Å². The van der Waals surface area contributed by atoms with Crippen LogP contribution in [0.4, 0.5) is 13.2 Å². The predicted octanol–water partition coefficient (Wildman–Crippen LogP) is 6.99. The second-order valence-electron chi connectivity index (χ2n) is 7.92. The maximum atomic E-state index is 14.9. The van der Waals surface area contributed by atoms with Gasteiger partial charge in [-0.2, -0.15) is 0 Å². The lowest BCUT2D eigenvalue weighted by atomic mass is 9.96. The van der Waals surface area contributed by atoms with Gasteiger partial charge >= 0.3 is 0 Å². The first-order valence-electron chi connectivity index (χ1n) is 11.2. The summed E-state index contributed by atoms with van der Waals surface area (Å²) in [5, 5.41) is 0. The van der Waals surface area contributed by atoms with Crippen LogP contribution in [-0.2, 0) is 9.47 Å². The minimum atomic E-state index is -1.07. The number of hydrogen-bond donors (Lipinski definition) is 0. The van der Waals surface area contributed by atoms with Crippen LogP contribution >= 0.6 is 0 Å². The van der Waals surface area contributed by atoms with Gasteiger partial charge in [-0.15, -0.1) is 0 Å². The average Bonchev–Trinajstić information content (AvgIpc) is 2.78. The zero-order valence-electron chi connectivity index (χ0n) is 18.3. The van der Waals surface area contributed by atoms with Gasteiger partial charge in [0.25, 0.3) is 0 Å². The standard InChI is InChI=1S/C25H31F3O3/c1-3-5-6-14-30-18-8-12-23(31-16-18)21-11-10-20(24(27)25(21)28)19-9-7-17(15-22(19)26)29-13-4-2/h7,9-11,15,18,23H,3-6,8,12-14,16H2,1-2H3. The molecule has 0 amide bonds. The highest BCUT2D eigenvalue weighted by Crippen LogP contribution is 2.36. The first-order chi connectivity index (χ1) is 15.0. The van der Waals surface area contributed by atoms with Gasteiger partial charge in [-0.1, -0.05) is 38.8 Å². The molecule has 2 aromatic rings. The molecule has 0 saturated carbocycles. The summed E-state index contributed by atoms with van der Waals surface area (Å²) in [4.78, 5) is 0. The van der Waals surface area contributed by atoms with E-state index in [0.29, 0.717) is 32.0 Å². The van der Waals surface area contributed by atoms with E-state index < -0.39 is 23.6 Å². The molecule has 0 spiro atoms. The van der Waals surface area contributed by atoms with Gasteiger partial charge in [-0.3, -0.25) is 0 Å². The van der Waals surface area contributed by atoms with Crippen LogP contribution in [0.15, 0.2) is 30.3 Å². The van der Waals surface area contributed by atoms with E-state index in [4.69, 9.17) is 14.2 Å². The summed E-state index contributed by atoms with van der Waals surface area (Å²) in [5.41, 5.74) is 0.0413. The quantitative estimate of drug-likeness (QED) is 0.376. The maximum absolute atomic E-state index is 14.9. The monoisotopic (exact) mass is 436 g/mol. The Morgan fingerprint density at radius 2 is 1.71 bits per heavy atom. The number of ether oxygens (including phenoxy) is 3. The van der Waals surface area contributed by atoms with E-state index in [0.717, 1.165) is 32.1 Å². The molecule has 0 aromatic heterocycles. The number of benzene rings is 2. The fraction of sp³-hybridized carbons (Fsp3) is 0.520. The van der Waals surface area contributed by atoms with Crippen LogP contribution in [0.25, 0.3) is 11.1 Å². The molecule has 0 N–H and O–H groups in total. The zero-order valence-corrected chi connectivity index (χ0v) is 18.3. The molecule has 2 aromatic carbocycles. The Labute approximate surface area is 182 Å². The lowest BCUT2D eigenvalue weighted by molar-refractivity contribution is -0.0882. The molecule has 1 fully saturated rings. The van der Waals surface area contributed by atoms with Crippen LogP contribution in [0.1, 0.15) is 64.0 Å². The molecule has 31 heavy (non-hydrogen) atoms. The predicted molar refractivity (Wildman–Crippen MR) is 115 cm³/mol. The molecule has 1 aliphatic rings. The highest BCUT2D eigenvalue weighted by Gasteiger charge is 2.28. The molecule has 2 atom stereocenters. The van der Waals surface area contributed by atoms with Crippen LogP contribution in [0.3, 0.4) is 0 Å². The molecule has 3 rings (SSSR count). The number of unbranched alkanes of at least 4 members (excludes halogenated alkanes) is 2. The van der Waals surface area contributed by atoms with E-state index in [2.05, 4.69) is 6.92 Å². The molecule has 0 radical (unpaired) electrons. The van der Waals surface area contributed by atoms with Gasteiger partial charge in [0, 0.05) is 29.4 Å². The summed E-state index contributed by atoms with van der Waals surface area (Å²) in [6.45, 7) is 5.59. The normalized spacial score (nSPS) is 18.9. The third kappa shape index (κ3) is 6.01. The minimum absolute atomic E-state index is 0.00287. The molecule has 0 bridgehead atoms. The van der Waals surface area contributed by atoms with Crippen LogP contribution in [0, 0.1) is 17.5 Å². The van der Waals surface area contributed by atoms with E-state index in [1.54, 1.807) is 6.07 Å². The molecular formula is C25H31F3O3. The fourth-order valence-corrected chi connectivity index (χ4v) is 3.75. The average molecular weight is 437 g/mol. The van der Waals surface area contributed by atoms with Gasteiger partial charge in [-0.05, 0) is 37.8 Å². The summed E-state index contributed by atoms with van der Waals surface area (Å²) < 4.78 is 61.2. The molecule has 1 saturated heterocycles. The van der Waals surface area contributed by atoms with E-state index >= 15 is 0 Å². The first kappa shape index (κ1) is 23.6. The van der Waals surface area contributed by atoms with Crippen molar-refractivity contribution in [1.29, 1.82) is 0 Å². The SMILES string of the molecule is CCCCCOC1CCC(c2ccc(-c3ccc(OCCC)cc3F)c(F)c2F)OC1. The highest BCUT2D eigenvalue weighted by molar-refractivity contribution is 5.66. The summed E-state index contributed by atoms with van der Waals surface area (Å²) in [6, 6.07) is 7.07. The van der Waals surface area contributed by atoms with Crippen LogP contribution < -0.4 is 4.74 Å². The van der Waals surface area contributed by atoms with Crippen molar-refractivity contribution in [2.45, 2.75) is 64.6 Å². The van der Waals surface area contributed by atoms with Gasteiger partial charge in [0.05, 0.1) is 25.4 Å². The number of halogens is 3. The summed E-state index contributed by atoms with van der Waals surface area (Å²) in [5.74, 6) is -2.35. The topological polar surface area (TPSA) is 27.7 Å². The van der Waals surface area contributed by atoms with Crippen molar-refractivity contribution in [3.05, 3.63) is 53.3 Å². The molecule has 170 valence electrons. The fourth-order valence-electron chi connectivity index (χ4n) is 3.75. The Morgan fingerprint density at radius 1 is 0.903 bits per heavy atom. The Kier molecular flexibility index (Phi) is 8.79. The third-order valence-corrected chi connectivity index (χ3v) is 5.50. The Bertz CT molecular complexity index is 848. The van der Waals surface area contributed by atoms with Crippen LogP contribution in [0.2, 0.25) is 0 Å². The molecule has 1 aliphatic heterocycles. The Balaban J connectivity index is 1.67. The molecule has 1 heterocycles. The Hall–Kier alpha value is -2.05. The van der Waals surface area contributed by atoms with Gasteiger partial charge in [-0.25, -0.2) is 13.2 Å². The lowest BCUT2D eigenvalue weighted by Crippen LogP contribution is -2.28. The summed E-state index contributed by atoms with van der Waals surface area (Å²) in [6.07, 6.45) is 4.80. The molecule has 2 unspecified atom stereocenters. The Morgan fingerprint density at radius 3 is 2.39 bits per heavy atom. The van der Waals surface area contributed by atoms with Crippen molar-refractivity contribution in [3.63, 3.8) is 0 Å². The van der Waals surface area contributed by atoms with Crippen molar-refractivity contribution in [3.8, 4) is 16.9 Å².